The smallest absolute Gasteiger partial charge is 0.185 e. The van der Waals surface area contributed by atoms with E-state index in [0.717, 1.165) is 30.8 Å². The third-order valence-corrected chi connectivity index (χ3v) is 5.79. The van der Waals surface area contributed by atoms with Gasteiger partial charge < -0.3 is 10.2 Å². The van der Waals surface area contributed by atoms with Crippen LogP contribution in [0.3, 0.4) is 0 Å². The Morgan fingerprint density at radius 2 is 2.15 bits per heavy atom. The molecule has 1 aliphatic carbocycles. The van der Waals surface area contributed by atoms with E-state index >= 15 is 0 Å². The molecule has 0 spiro atoms. The molecule has 1 atom stereocenters. The first-order valence-corrected chi connectivity index (χ1v) is 8.96. The summed E-state index contributed by atoms with van der Waals surface area (Å²) in [7, 11) is 0. The van der Waals surface area contributed by atoms with E-state index < -0.39 is 0 Å². The number of aromatic nitrogens is 1. The minimum atomic E-state index is 0.761. The van der Waals surface area contributed by atoms with Crippen LogP contribution in [0.25, 0.3) is 0 Å². The van der Waals surface area contributed by atoms with Crippen molar-refractivity contribution in [1.29, 1.82) is 0 Å². The number of nitrogens with zero attached hydrogens (tertiary/aromatic N) is 2. The molecule has 1 saturated carbocycles. The van der Waals surface area contributed by atoms with Gasteiger partial charge in [-0.2, -0.15) is 0 Å². The van der Waals surface area contributed by atoms with Crippen LogP contribution in [-0.4, -0.2) is 24.6 Å². The molecule has 20 heavy (non-hydrogen) atoms. The van der Waals surface area contributed by atoms with Crippen LogP contribution in [0.2, 0.25) is 0 Å². The van der Waals surface area contributed by atoms with Crippen LogP contribution in [0, 0.1) is 11.8 Å². The lowest BCUT2D eigenvalue weighted by Gasteiger charge is -2.16. The fourth-order valence-corrected chi connectivity index (χ4v) is 4.18. The highest BCUT2D eigenvalue weighted by Gasteiger charge is 2.32. The van der Waals surface area contributed by atoms with Crippen molar-refractivity contribution in [3.8, 4) is 0 Å². The number of thiazole rings is 1. The maximum Gasteiger partial charge on any atom is 0.185 e. The molecule has 1 aromatic heterocycles. The van der Waals surface area contributed by atoms with Crippen molar-refractivity contribution in [3.63, 3.8) is 0 Å². The van der Waals surface area contributed by atoms with E-state index in [2.05, 4.69) is 31.0 Å². The summed E-state index contributed by atoms with van der Waals surface area (Å²) in [5, 5.41) is 4.75. The Hall–Kier alpha value is -0.610. The zero-order valence-corrected chi connectivity index (χ0v) is 13.8. The monoisotopic (exact) mass is 293 g/mol. The van der Waals surface area contributed by atoms with Crippen molar-refractivity contribution in [1.82, 2.24) is 10.3 Å². The van der Waals surface area contributed by atoms with Crippen LogP contribution < -0.4 is 10.2 Å². The first-order valence-electron chi connectivity index (χ1n) is 8.14. The number of hydrogen-bond donors (Lipinski definition) is 1. The Bertz CT molecular complexity index is 451. The van der Waals surface area contributed by atoms with Gasteiger partial charge in [-0.05, 0) is 37.6 Å². The van der Waals surface area contributed by atoms with E-state index in [9.17, 15) is 0 Å². The summed E-state index contributed by atoms with van der Waals surface area (Å²) in [6.45, 7) is 11.3. The summed E-state index contributed by atoms with van der Waals surface area (Å²) >= 11 is 1.93. The van der Waals surface area contributed by atoms with E-state index in [-0.39, 0.29) is 0 Å². The van der Waals surface area contributed by atoms with Gasteiger partial charge in [-0.1, -0.05) is 20.8 Å². The molecule has 0 bridgehead atoms. The Balaban J connectivity index is 1.73. The van der Waals surface area contributed by atoms with Crippen molar-refractivity contribution in [2.45, 2.75) is 52.5 Å². The maximum atomic E-state index is 5.01. The molecule has 3 nitrogen and oxygen atoms in total. The van der Waals surface area contributed by atoms with E-state index in [1.807, 2.05) is 11.3 Å². The zero-order valence-electron chi connectivity index (χ0n) is 13.0. The summed E-state index contributed by atoms with van der Waals surface area (Å²) in [6, 6.07) is 0. The molecular formula is C16H27N3S. The number of nitrogens with one attached hydrogen (secondary N) is 1. The first kappa shape index (κ1) is 14.3. The van der Waals surface area contributed by atoms with Crippen LogP contribution in [-0.2, 0) is 6.54 Å². The molecule has 1 aromatic rings. The predicted octanol–water partition coefficient (Wildman–Crippen LogP) is 3.61. The highest BCUT2D eigenvalue weighted by Crippen LogP contribution is 2.44. The minimum absolute atomic E-state index is 0.761. The van der Waals surface area contributed by atoms with Crippen molar-refractivity contribution >= 4 is 16.5 Å². The summed E-state index contributed by atoms with van der Waals surface area (Å²) in [4.78, 5) is 9.01. The average molecular weight is 293 g/mol. The highest BCUT2D eigenvalue weighted by atomic mass is 32.1. The van der Waals surface area contributed by atoms with E-state index in [1.165, 1.54) is 48.1 Å². The van der Waals surface area contributed by atoms with Crippen LogP contribution in [0.1, 0.15) is 56.5 Å². The van der Waals surface area contributed by atoms with Gasteiger partial charge in [-0.15, -0.1) is 11.3 Å². The molecule has 1 aliphatic heterocycles. The van der Waals surface area contributed by atoms with Gasteiger partial charge in [0.05, 0.1) is 5.69 Å². The number of anilines is 1. The Kier molecular flexibility index (Phi) is 4.32. The summed E-state index contributed by atoms with van der Waals surface area (Å²) in [6.07, 6.45) is 4.02. The van der Waals surface area contributed by atoms with Gasteiger partial charge in [0.1, 0.15) is 0 Å². The quantitative estimate of drug-likeness (QED) is 0.868. The molecule has 1 N–H and O–H groups in total. The molecule has 1 unspecified atom stereocenters. The topological polar surface area (TPSA) is 28.2 Å². The predicted molar refractivity (Wildman–Crippen MR) is 86.6 cm³/mol. The lowest BCUT2D eigenvalue weighted by molar-refractivity contribution is 0.422. The molecule has 4 heteroatoms. The normalized spacial score (nSPS) is 23.0. The van der Waals surface area contributed by atoms with Gasteiger partial charge in [-0.25, -0.2) is 4.98 Å². The van der Waals surface area contributed by atoms with Gasteiger partial charge in [-0.3, -0.25) is 0 Å². The molecule has 1 saturated heterocycles. The minimum Gasteiger partial charge on any atom is -0.348 e. The largest absolute Gasteiger partial charge is 0.348 e. The average Bonchev–Trinajstić information content (AvgIpc) is 3.01. The standard InChI is InChI=1S/C16H27N3S/c1-4-17-9-14-15(12-5-6-12)18-16(20-14)19-8-7-13(10-19)11(2)3/h11-13,17H,4-10H2,1-3H3. The fraction of sp³-hybridized carbons (Fsp3) is 0.812. The van der Waals surface area contributed by atoms with Crippen LogP contribution in [0.4, 0.5) is 5.13 Å². The Morgan fingerprint density at radius 1 is 1.35 bits per heavy atom. The molecule has 112 valence electrons. The third kappa shape index (κ3) is 3.01. The van der Waals surface area contributed by atoms with Gasteiger partial charge in [0.2, 0.25) is 0 Å². The van der Waals surface area contributed by atoms with Gasteiger partial charge in [0.15, 0.2) is 5.13 Å². The first-order chi connectivity index (χ1) is 9.69. The van der Waals surface area contributed by atoms with Gasteiger partial charge in [0.25, 0.3) is 0 Å². The molecule has 3 rings (SSSR count). The summed E-state index contributed by atoms with van der Waals surface area (Å²) in [5.74, 6) is 2.40. The van der Waals surface area contributed by atoms with Crippen LogP contribution in [0.5, 0.6) is 0 Å². The lowest BCUT2D eigenvalue weighted by atomic mass is 9.95. The Labute approximate surface area is 126 Å². The lowest BCUT2D eigenvalue weighted by Crippen LogP contribution is -2.20. The fourth-order valence-electron chi connectivity index (χ4n) is 3.03. The van der Waals surface area contributed by atoms with E-state index in [0.29, 0.717) is 0 Å². The van der Waals surface area contributed by atoms with E-state index in [4.69, 9.17) is 4.98 Å². The van der Waals surface area contributed by atoms with Crippen molar-refractivity contribution in [2.24, 2.45) is 11.8 Å². The molecular weight excluding hydrogens is 266 g/mol. The SMILES string of the molecule is CCNCc1sc(N2CCC(C(C)C)C2)nc1C1CC1. The van der Waals surface area contributed by atoms with E-state index in [1.54, 1.807) is 0 Å². The number of rotatable bonds is 6. The summed E-state index contributed by atoms with van der Waals surface area (Å²) < 4.78 is 0. The molecule has 0 aromatic carbocycles. The third-order valence-electron chi connectivity index (χ3n) is 4.65. The molecule has 2 fully saturated rings. The maximum absolute atomic E-state index is 5.01. The van der Waals surface area contributed by atoms with Crippen molar-refractivity contribution in [2.75, 3.05) is 24.5 Å². The van der Waals surface area contributed by atoms with Crippen molar-refractivity contribution < 1.29 is 0 Å². The van der Waals surface area contributed by atoms with Crippen molar-refractivity contribution in [3.05, 3.63) is 10.6 Å². The summed E-state index contributed by atoms with van der Waals surface area (Å²) in [5.41, 5.74) is 1.40. The zero-order chi connectivity index (χ0) is 14.1. The van der Waals surface area contributed by atoms with Crippen LogP contribution in [0.15, 0.2) is 0 Å². The highest BCUT2D eigenvalue weighted by molar-refractivity contribution is 7.15. The van der Waals surface area contributed by atoms with Gasteiger partial charge >= 0.3 is 0 Å². The molecule has 0 amide bonds. The second-order valence-electron chi connectivity index (χ2n) is 6.60. The second kappa shape index (κ2) is 6.02. The van der Waals surface area contributed by atoms with Gasteiger partial charge in [0, 0.05) is 30.4 Å². The molecule has 2 heterocycles. The molecule has 2 aliphatic rings. The Morgan fingerprint density at radius 3 is 2.75 bits per heavy atom. The second-order valence-corrected chi connectivity index (χ2v) is 7.66. The number of hydrogen-bond acceptors (Lipinski definition) is 4. The van der Waals surface area contributed by atoms with Crippen LogP contribution >= 0.6 is 11.3 Å². The molecule has 0 radical (unpaired) electrons.